The molecule has 0 aliphatic heterocycles. The van der Waals surface area contributed by atoms with Crippen LogP contribution in [0.3, 0.4) is 0 Å². The van der Waals surface area contributed by atoms with Crippen molar-refractivity contribution in [1.29, 1.82) is 0 Å². The number of hydrogen-bond donors (Lipinski definition) is 1. The molecule has 0 fully saturated rings. The van der Waals surface area contributed by atoms with Crippen LogP contribution in [0.4, 0.5) is 0 Å². The first-order valence-corrected chi connectivity index (χ1v) is 6.82. The molecule has 0 saturated heterocycles. The molecule has 17 heavy (non-hydrogen) atoms. The predicted octanol–water partition coefficient (Wildman–Crippen LogP) is 2.76. The van der Waals surface area contributed by atoms with Crippen LogP contribution in [0, 0.1) is 0 Å². The van der Waals surface area contributed by atoms with Gasteiger partial charge in [-0.1, -0.05) is 18.2 Å². The van der Waals surface area contributed by atoms with Crippen LogP contribution in [0.2, 0.25) is 0 Å². The van der Waals surface area contributed by atoms with Crippen molar-refractivity contribution in [3.05, 3.63) is 35.2 Å². The number of nitrogens with zero attached hydrogens (tertiary/aromatic N) is 1. The Morgan fingerprint density at radius 3 is 2.82 bits per heavy atom. The molecule has 3 heteroatoms. The number of aliphatic hydroxyl groups excluding tert-OH is 1. The van der Waals surface area contributed by atoms with E-state index in [2.05, 4.69) is 34.5 Å². The Hall–Kier alpha value is -0.900. The zero-order valence-corrected chi connectivity index (χ0v) is 11.2. The number of benzene rings is 1. The third-order valence-electron chi connectivity index (χ3n) is 2.93. The minimum atomic E-state index is -0.240. The summed E-state index contributed by atoms with van der Waals surface area (Å²) in [5.74, 6) is 0. The van der Waals surface area contributed by atoms with Gasteiger partial charge in [0.1, 0.15) is 0 Å². The third-order valence-corrected chi connectivity index (χ3v) is 3.94. The van der Waals surface area contributed by atoms with Gasteiger partial charge in [0, 0.05) is 4.70 Å². The summed E-state index contributed by atoms with van der Waals surface area (Å²) >= 11 is 1.76. The minimum absolute atomic E-state index is 0.240. The topological polar surface area (TPSA) is 23.5 Å². The fraction of sp³-hybridized carbons (Fsp3) is 0.429. The molecule has 0 amide bonds. The van der Waals surface area contributed by atoms with Crippen molar-refractivity contribution in [2.24, 2.45) is 0 Å². The molecule has 0 aliphatic rings. The Morgan fingerprint density at radius 1 is 1.29 bits per heavy atom. The molecule has 0 saturated carbocycles. The summed E-state index contributed by atoms with van der Waals surface area (Å²) in [4.78, 5) is 2.11. The van der Waals surface area contributed by atoms with E-state index in [9.17, 15) is 5.11 Å². The summed E-state index contributed by atoms with van der Waals surface area (Å²) < 4.78 is 1.31. The Balaban J connectivity index is 2.03. The highest BCUT2D eigenvalue weighted by Crippen LogP contribution is 2.26. The Morgan fingerprint density at radius 2 is 2.06 bits per heavy atom. The van der Waals surface area contributed by atoms with Gasteiger partial charge < -0.3 is 10.0 Å². The smallest absolute Gasteiger partial charge is 0.0593 e. The molecule has 1 unspecified atom stereocenters. The second-order valence-electron chi connectivity index (χ2n) is 4.71. The molecular formula is C14H19NOS. The monoisotopic (exact) mass is 249 g/mol. The van der Waals surface area contributed by atoms with Gasteiger partial charge in [0.25, 0.3) is 0 Å². The number of aliphatic hydroxyl groups is 1. The highest BCUT2D eigenvalue weighted by atomic mass is 32.1. The predicted molar refractivity (Wildman–Crippen MR) is 74.7 cm³/mol. The van der Waals surface area contributed by atoms with Gasteiger partial charge in [-0.25, -0.2) is 0 Å². The van der Waals surface area contributed by atoms with Crippen molar-refractivity contribution in [3.8, 4) is 0 Å². The summed E-state index contributed by atoms with van der Waals surface area (Å²) in [5, 5.41) is 13.5. The van der Waals surface area contributed by atoms with E-state index < -0.39 is 0 Å². The van der Waals surface area contributed by atoms with E-state index in [1.54, 1.807) is 11.3 Å². The summed E-state index contributed by atoms with van der Waals surface area (Å²) in [6.07, 6.45) is 1.35. The van der Waals surface area contributed by atoms with E-state index in [4.69, 9.17) is 0 Å². The van der Waals surface area contributed by atoms with Crippen LogP contribution in [-0.4, -0.2) is 36.8 Å². The fourth-order valence-corrected chi connectivity index (χ4v) is 2.93. The van der Waals surface area contributed by atoms with Crippen molar-refractivity contribution in [2.75, 3.05) is 20.6 Å². The Labute approximate surface area is 106 Å². The lowest BCUT2D eigenvalue weighted by Gasteiger charge is -2.13. The SMILES string of the molecule is CN(C)CCC(O)Cc1csc2ccccc12. The molecule has 2 nitrogen and oxygen atoms in total. The zero-order chi connectivity index (χ0) is 12.3. The molecule has 1 atom stereocenters. The van der Waals surface area contributed by atoms with E-state index in [0.717, 1.165) is 19.4 Å². The van der Waals surface area contributed by atoms with Gasteiger partial charge in [-0.05, 0) is 55.9 Å². The average Bonchev–Trinajstić information content (AvgIpc) is 2.70. The van der Waals surface area contributed by atoms with Crippen LogP contribution >= 0.6 is 11.3 Å². The Bertz CT molecular complexity index is 478. The maximum absolute atomic E-state index is 10.0. The zero-order valence-electron chi connectivity index (χ0n) is 10.4. The van der Waals surface area contributed by atoms with Crippen LogP contribution < -0.4 is 0 Å². The molecule has 1 heterocycles. The first kappa shape index (κ1) is 12.6. The summed E-state index contributed by atoms with van der Waals surface area (Å²) in [7, 11) is 4.07. The van der Waals surface area contributed by atoms with Crippen LogP contribution in [-0.2, 0) is 6.42 Å². The van der Waals surface area contributed by atoms with E-state index >= 15 is 0 Å². The lowest BCUT2D eigenvalue weighted by molar-refractivity contribution is 0.152. The van der Waals surface area contributed by atoms with Gasteiger partial charge in [0.05, 0.1) is 6.10 Å². The van der Waals surface area contributed by atoms with Gasteiger partial charge in [0.15, 0.2) is 0 Å². The summed E-state index contributed by atoms with van der Waals surface area (Å²) in [6.45, 7) is 0.934. The molecule has 2 aromatic rings. The van der Waals surface area contributed by atoms with E-state index in [1.807, 2.05) is 14.1 Å². The normalized spacial score (nSPS) is 13.4. The van der Waals surface area contributed by atoms with Crippen molar-refractivity contribution in [3.63, 3.8) is 0 Å². The largest absolute Gasteiger partial charge is 0.393 e. The number of rotatable bonds is 5. The van der Waals surface area contributed by atoms with Crippen LogP contribution in [0.15, 0.2) is 29.6 Å². The molecule has 1 aromatic carbocycles. The van der Waals surface area contributed by atoms with E-state index in [1.165, 1.54) is 15.6 Å². The maximum atomic E-state index is 10.0. The standard InChI is InChI=1S/C14H19NOS/c1-15(2)8-7-12(16)9-11-10-17-14-6-4-3-5-13(11)14/h3-6,10,12,16H,7-9H2,1-2H3. The van der Waals surface area contributed by atoms with E-state index in [0.29, 0.717) is 0 Å². The summed E-state index contributed by atoms with van der Waals surface area (Å²) in [5.41, 5.74) is 1.27. The highest BCUT2D eigenvalue weighted by Gasteiger charge is 2.10. The van der Waals surface area contributed by atoms with Gasteiger partial charge >= 0.3 is 0 Å². The molecule has 1 N–H and O–H groups in total. The Kier molecular flexibility index (Phi) is 4.15. The molecule has 0 bridgehead atoms. The first-order chi connectivity index (χ1) is 8.16. The molecule has 0 spiro atoms. The van der Waals surface area contributed by atoms with Crippen molar-refractivity contribution in [2.45, 2.75) is 18.9 Å². The molecular weight excluding hydrogens is 230 g/mol. The minimum Gasteiger partial charge on any atom is -0.393 e. The average molecular weight is 249 g/mol. The van der Waals surface area contributed by atoms with E-state index in [-0.39, 0.29) is 6.10 Å². The van der Waals surface area contributed by atoms with Crippen molar-refractivity contribution < 1.29 is 5.11 Å². The molecule has 1 aromatic heterocycles. The molecule has 0 radical (unpaired) electrons. The number of hydrogen-bond acceptors (Lipinski definition) is 3. The third kappa shape index (κ3) is 3.28. The molecule has 92 valence electrons. The first-order valence-electron chi connectivity index (χ1n) is 5.94. The highest BCUT2D eigenvalue weighted by molar-refractivity contribution is 7.17. The van der Waals surface area contributed by atoms with Gasteiger partial charge in [0.2, 0.25) is 0 Å². The maximum Gasteiger partial charge on any atom is 0.0593 e. The lowest BCUT2D eigenvalue weighted by atomic mass is 10.0. The molecule has 0 aliphatic carbocycles. The van der Waals surface area contributed by atoms with Crippen molar-refractivity contribution in [1.82, 2.24) is 4.90 Å². The molecule has 2 rings (SSSR count). The van der Waals surface area contributed by atoms with Crippen LogP contribution in [0.1, 0.15) is 12.0 Å². The van der Waals surface area contributed by atoms with Gasteiger partial charge in [-0.15, -0.1) is 11.3 Å². The van der Waals surface area contributed by atoms with Crippen LogP contribution in [0.25, 0.3) is 10.1 Å². The number of fused-ring (bicyclic) bond motifs is 1. The van der Waals surface area contributed by atoms with Gasteiger partial charge in [-0.3, -0.25) is 0 Å². The van der Waals surface area contributed by atoms with Crippen LogP contribution in [0.5, 0.6) is 0 Å². The van der Waals surface area contributed by atoms with Crippen molar-refractivity contribution >= 4 is 21.4 Å². The fourth-order valence-electron chi connectivity index (χ4n) is 1.95. The quantitative estimate of drug-likeness (QED) is 0.881. The number of thiophene rings is 1. The summed E-state index contributed by atoms with van der Waals surface area (Å²) in [6, 6.07) is 8.39. The van der Waals surface area contributed by atoms with Gasteiger partial charge in [-0.2, -0.15) is 0 Å². The second-order valence-corrected chi connectivity index (χ2v) is 5.62. The second kappa shape index (κ2) is 5.63. The lowest BCUT2D eigenvalue weighted by Crippen LogP contribution is -2.20.